The van der Waals surface area contributed by atoms with Crippen LogP contribution in [-0.2, 0) is 15.8 Å². The summed E-state index contributed by atoms with van der Waals surface area (Å²) < 4.78 is 38.1. The van der Waals surface area contributed by atoms with E-state index in [0.717, 1.165) is 17.2 Å². The maximum Gasteiger partial charge on any atom is 0.416 e. The van der Waals surface area contributed by atoms with E-state index in [-0.39, 0.29) is 17.0 Å². The van der Waals surface area contributed by atoms with Gasteiger partial charge in [-0.2, -0.15) is 13.2 Å². The lowest BCUT2D eigenvalue weighted by Gasteiger charge is -2.20. The van der Waals surface area contributed by atoms with Gasteiger partial charge in [0.25, 0.3) is 0 Å². The summed E-state index contributed by atoms with van der Waals surface area (Å²) in [6.45, 7) is 0. The molecule has 0 radical (unpaired) electrons. The third-order valence-electron chi connectivity index (χ3n) is 2.90. The van der Waals surface area contributed by atoms with Crippen molar-refractivity contribution in [3.05, 3.63) is 46.8 Å². The van der Waals surface area contributed by atoms with Crippen molar-refractivity contribution in [3.8, 4) is 0 Å². The maximum atomic E-state index is 12.7. The lowest BCUT2D eigenvalue weighted by atomic mass is 9.97. The summed E-state index contributed by atoms with van der Waals surface area (Å²) in [5.41, 5.74) is 4.43. The maximum absolute atomic E-state index is 12.7. The van der Waals surface area contributed by atoms with Crippen LogP contribution in [-0.4, -0.2) is 23.2 Å². The van der Waals surface area contributed by atoms with Crippen molar-refractivity contribution < 1.29 is 27.9 Å². The molecular weight excluding hydrogens is 277 g/mol. The fraction of sp³-hybridized carbons (Fsp3) is 0.250. The quantitative estimate of drug-likeness (QED) is 0.869. The number of rotatable bonds is 2. The smallest absolute Gasteiger partial charge is 0.416 e. The molecule has 0 bridgehead atoms. The first-order valence-electron chi connectivity index (χ1n) is 5.52. The average molecular weight is 288 g/mol. The zero-order valence-electron chi connectivity index (χ0n) is 10.3. The fourth-order valence-electron chi connectivity index (χ4n) is 2.06. The molecule has 0 aromatic heterocycles. The SMILES string of the molecule is CN1OC(N)=C(C(=O)O)C1c1cccc(C(F)(F)F)c1. The van der Waals surface area contributed by atoms with Gasteiger partial charge in [0.05, 0.1) is 5.56 Å². The molecular formula is C12H11F3N2O3. The highest BCUT2D eigenvalue weighted by Gasteiger charge is 2.39. The predicted molar refractivity (Wildman–Crippen MR) is 61.9 cm³/mol. The Hall–Kier alpha value is -2.22. The van der Waals surface area contributed by atoms with Crippen molar-refractivity contribution in [1.82, 2.24) is 5.06 Å². The molecule has 1 aliphatic heterocycles. The van der Waals surface area contributed by atoms with Crippen molar-refractivity contribution in [1.29, 1.82) is 0 Å². The Morgan fingerprint density at radius 3 is 2.65 bits per heavy atom. The molecule has 1 aliphatic rings. The number of benzene rings is 1. The number of carboxylic acids is 1. The number of nitrogens with two attached hydrogens (primary N) is 1. The molecule has 108 valence electrons. The molecule has 2 rings (SSSR count). The lowest BCUT2D eigenvalue weighted by molar-refractivity contribution is -0.137. The number of hydrogen-bond acceptors (Lipinski definition) is 4. The highest BCUT2D eigenvalue weighted by Crippen LogP contribution is 2.37. The topological polar surface area (TPSA) is 75.8 Å². The molecule has 3 N–H and O–H groups in total. The molecule has 0 amide bonds. The zero-order chi connectivity index (χ0) is 15.1. The average Bonchev–Trinajstić information content (AvgIpc) is 2.63. The Morgan fingerprint density at radius 2 is 2.10 bits per heavy atom. The Bertz CT molecular complexity index is 584. The van der Waals surface area contributed by atoms with Gasteiger partial charge >= 0.3 is 12.1 Å². The van der Waals surface area contributed by atoms with Crippen LogP contribution in [0.3, 0.4) is 0 Å². The van der Waals surface area contributed by atoms with Crippen LogP contribution >= 0.6 is 0 Å². The van der Waals surface area contributed by atoms with Crippen LogP contribution in [0, 0.1) is 0 Å². The van der Waals surface area contributed by atoms with Gasteiger partial charge in [0, 0.05) is 7.05 Å². The van der Waals surface area contributed by atoms with E-state index >= 15 is 0 Å². The van der Waals surface area contributed by atoms with Crippen LogP contribution in [0.15, 0.2) is 35.7 Å². The summed E-state index contributed by atoms with van der Waals surface area (Å²) in [5, 5.41) is 10.2. The van der Waals surface area contributed by atoms with Gasteiger partial charge in [-0.15, -0.1) is 5.06 Å². The second-order valence-electron chi connectivity index (χ2n) is 4.25. The molecule has 1 aromatic carbocycles. The summed E-state index contributed by atoms with van der Waals surface area (Å²) in [4.78, 5) is 16.1. The summed E-state index contributed by atoms with van der Waals surface area (Å²) in [6.07, 6.45) is -4.51. The standard InChI is InChI=1S/C12H11F3N2O3/c1-17-9(8(11(18)19)10(16)20-17)6-3-2-4-7(5-6)12(13,14)15/h2-5,9H,16H2,1H3,(H,18,19). The number of nitrogens with zero attached hydrogens (tertiary/aromatic N) is 1. The highest BCUT2D eigenvalue weighted by molar-refractivity contribution is 5.89. The van der Waals surface area contributed by atoms with E-state index in [0.29, 0.717) is 0 Å². The van der Waals surface area contributed by atoms with Gasteiger partial charge in [-0.1, -0.05) is 12.1 Å². The molecule has 1 atom stereocenters. The van der Waals surface area contributed by atoms with E-state index in [4.69, 9.17) is 15.7 Å². The van der Waals surface area contributed by atoms with E-state index in [1.165, 1.54) is 19.2 Å². The van der Waals surface area contributed by atoms with Crippen molar-refractivity contribution in [2.45, 2.75) is 12.2 Å². The number of carboxylic acid groups (broad SMARTS) is 1. The Kier molecular flexibility index (Phi) is 3.34. The second-order valence-corrected chi connectivity index (χ2v) is 4.25. The first kappa shape index (κ1) is 14.2. The van der Waals surface area contributed by atoms with Crippen molar-refractivity contribution in [3.63, 3.8) is 0 Å². The summed E-state index contributed by atoms with van der Waals surface area (Å²) in [7, 11) is 1.40. The summed E-state index contributed by atoms with van der Waals surface area (Å²) >= 11 is 0. The lowest BCUT2D eigenvalue weighted by Crippen LogP contribution is -2.22. The normalized spacial score (nSPS) is 20.1. The number of hydrogen-bond donors (Lipinski definition) is 2. The minimum atomic E-state index is -4.51. The number of alkyl halides is 3. The van der Waals surface area contributed by atoms with Crippen molar-refractivity contribution in [2.24, 2.45) is 5.73 Å². The van der Waals surface area contributed by atoms with Gasteiger partial charge in [0.2, 0.25) is 5.88 Å². The van der Waals surface area contributed by atoms with Crippen LogP contribution in [0.2, 0.25) is 0 Å². The molecule has 1 aromatic rings. The number of likely N-dealkylation sites (N-methyl/N-ethyl adjacent to an activating group) is 1. The highest BCUT2D eigenvalue weighted by atomic mass is 19.4. The third kappa shape index (κ3) is 2.42. The van der Waals surface area contributed by atoms with Crippen LogP contribution in [0.1, 0.15) is 17.2 Å². The molecule has 1 unspecified atom stereocenters. The van der Waals surface area contributed by atoms with Gasteiger partial charge in [0.1, 0.15) is 11.6 Å². The molecule has 0 saturated heterocycles. The second kappa shape index (κ2) is 4.71. The minimum Gasteiger partial charge on any atom is -0.478 e. The molecule has 0 saturated carbocycles. The van der Waals surface area contributed by atoms with E-state index in [1.807, 2.05) is 0 Å². The van der Waals surface area contributed by atoms with Crippen LogP contribution < -0.4 is 5.73 Å². The van der Waals surface area contributed by atoms with E-state index in [9.17, 15) is 18.0 Å². The van der Waals surface area contributed by atoms with E-state index in [1.54, 1.807) is 0 Å². The zero-order valence-corrected chi connectivity index (χ0v) is 10.3. The number of halogens is 3. The summed E-state index contributed by atoms with van der Waals surface area (Å²) in [5.74, 6) is -1.67. The molecule has 8 heteroatoms. The first-order valence-corrected chi connectivity index (χ1v) is 5.52. The van der Waals surface area contributed by atoms with Crippen molar-refractivity contribution in [2.75, 3.05) is 7.05 Å². The van der Waals surface area contributed by atoms with Crippen LogP contribution in [0.25, 0.3) is 0 Å². The van der Waals surface area contributed by atoms with Gasteiger partial charge in [-0.05, 0) is 17.7 Å². The van der Waals surface area contributed by atoms with Gasteiger partial charge in [-0.25, -0.2) is 4.79 Å². The van der Waals surface area contributed by atoms with Crippen LogP contribution in [0.5, 0.6) is 0 Å². The number of aliphatic carboxylic acids is 1. The minimum absolute atomic E-state index is 0.139. The Labute approximate surface area is 112 Å². The van der Waals surface area contributed by atoms with E-state index < -0.39 is 23.8 Å². The fourth-order valence-corrected chi connectivity index (χ4v) is 2.06. The molecule has 0 spiro atoms. The van der Waals surface area contributed by atoms with Gasteiger partial charge < -0.3 is 15.7 Å². The molecule has 0 fully saturated rings. The molecule has 5 nitrogen and oxygen atoms in total. The predicted octanol–water partition coefficient (Wildman–Crippen LogP) is 1.88. The largest absolute Gasteiger partial charge is 0.478 e. The van der Waals surface area contributed by atoms with Crippen LogP contribution in [0.4, 0.5) is 13.2 Å². The monoisotopic (exact) mass is 288 g/mol. The number of hydroxylamine groups is 2. The first-order chi connectivity index (χ1) is 9.21. The van der Waals surface area contributed by atoms with Gasteiger partial charge in [-0.3, -0.25) is 0 Å². The number of carbonyl (C=O) groups is 1. The van der Waals surface area contributed by atoms with Crippen molar-refractivity contribution >= 4 is 5.97 Å². The van der Waals surface area contributed by atoms with Gasteiger partial charge in [0.15, 0.2) is 0 Å². The Morgan fingerprint density at radius 1 is 1.45 bits per heavy atom. The molecule has 1 heterocycles. The van der Waals surface area contributed by atoms with E-state index in [2.05, 4.69) is 0 Å². The Balaban J connectivity index is 2.48. The third-order valence-corrected chi connectivity index (χ3v) is 2.90. The molecule has 0 aliphatic carbocycles. The summed E-state index contributed by atoms with van der Waals surface area (Å²) in [6, 6.07) is 3.40. The molecule has 20 heavy (non-hydrogen) atoms.